The largest absolute Gasteiger partial charge is 0.385 e. The summed E-state index contributed by atoms with van der Waals surface area (Å²) in [5.74, 6) is -0.317. The van der Waals surface area contributed by atoms with Crippen LogP contribution in [-0.2, 0) is 14.3 Å². The fraction of sp³-hybridized carbons (Fsp3) is 0.286. The summed E-state index contributed by atoms with van der Waals surface area (Å²) >= 11 is 0. The number of methoxy groups -OCH3 is 1. The molecule has 0 spiro atoms. The minimum absolute atomic E-state index is 0.0374. The van der Waals surface area contributed by atoms with E-state index in [4.69, 9.17) is 4.74 Å². The topological polar surface area (TPSA) is 76.5 Å². The highest BCUT2D eigenvalue weighted by atomic mass is 19.1. The van der Waals surface area contributed by atoms with Gasteiger partial charge in [0.2, 0.25) is 11.9 Å². The molecule has 1 aliphatic heterocycles. The molecule has 29 heavy (non-hydrogen) atoms. The van der Waals surface area contributed by atoms with Gasteiger partial charge in [-0.05, 0) is 42.8 Å². The van der Waals surface area contributed by atoms with Crippen molar-refractivity contribution in [1.82, 2.24) is 9.55 Å². The van der Waals surface area contributed by atoms with E-state index in [-0.39, 0.29) is 24.1 Å². The van der Waals surface area contributed by atoms with Crippen LogP contribution in [0.1, 0.15) is 18.9 Å². The summed E-state index contributed by atoms with van der Waals surface area (Å²) < 4.78 is 20.0. The van der Waals surface area contributed by atoms with Gasteiger partial charge in [-0.1, -0.05) is 12.1 Å². The van der Waals surface area contributed by atoms with Crippen LogP contribution >= 0.6 is 0 Å². The molecule has 4 rings (SSSR count). The molecular weight excluding hydrogens is 375 g/mol. The summed E-state index contributed by atoms with van der Waals surface area (Å²) in [7, 11) is 1.61. The Hall–Kier alpha value is -3.26. The number of anilines is 2. The second-order valence-electron chi connectivity index (χ2n) is 6.88. The molecule has 2 amide bonds. The molecule has 1 N–H and O–H groups in total. The number of imidazole rings is 1. The van der Waals surface area contributed by atoms with Crippen molar-refractivity contribution >= 4 is 34.5 Å². The van der Waals surface area contributed by atoms with Crippen LogP contribution in [0.2, 0.25) is 0 Å². The number of ether oxygens (including phenoxy) is 1. The Morgan fingerprint density at radius 3 is 2.72 bits per heavy atom. The van der Waals surface area contributed by atoms with Crippen molar-refractivity contribution in [3.05, 3.63) is 54.3 Å². The number of nitrogens with one attached hydrogen (secondary N) is 1. The van der Waals surface area contributed by atoms with Crippen LogP contribution < -0.4 is 10.2 Å². The van der Waals surface area contributed by atoms with E-state index < -0.39 is 6.04 Å². The minimum Gasteiger partial charge on any atom is -0.385 e. The van der Waals surface area contributed by atoms with Gasteiger partial charge >= 0.3 is 0 Å². The molecule has 0 saturated carbocycles. The van der Waals surface area contributed by atoms with Crippen LogP contribution in [0.4, 0.5) is 16.0 Å². The smallest absolute Gasteiger partial charge is 0.253 e. The van der Waals surface area contributed by atoms with Gasteiger partial charge in [0, 0.05) is 25.9 Å². The van der Waals surface area contributed by atoms with E-state index in [2.05, 4.69) is 10.3 Å². The lowest BCUT2D eigenvalue weighted by Crippen LogP contribution is -2.32. The summed E-state index contributed by atoms with van der Waals surface area (Å²) in [4.78, 5) is 31.9. The Bertz CT molecular complexity index is 1050. The number of benzene rings is 2. The van der Waals surface area contributed by atoms with Crippen LogP contribution in [-0.4, -0.2) is 41.6 Å². The number of nitrogens with zero attached hydrogens (tertiary/aromatic N) is 3. The zero-order chi connectivity index (χ0) is 20.4. The third-order valence-corrected chi connectivity index (χ3v) is 4.92. The van der Waals surface area contributed by atoms with Gasteiger partial charge in [0.15, 0.2) is 0 Å². The number of amides is 2. The van der Waals surface area contributed by atoms with Gasteiger partial charge < -0.3 is 10.1 Å². The molecule has 150 valence electrons. The Kier molecular flexibility index (Phi) is 5.26. The maximum Gasteiger partial charge on any atom is 0.253 e. The SMILES string of the molecule is COCCCN1C(=O)[C@H](CC(=O)Nc2ccc(F)cc2)n2c1nc1ccccc12. The molecule has 0 radical (unpaired) electrons. The number of para-hydroxylation sites is 2. The van der Waals surface area contributed by atoms with E-state index in [0.29, 0.717) is 31.2 Å². The molecule has 8 heteroatoms. The maximum absolute atomic E-state index is 13.1. The molecule has 2 aromatic carbocycles. The predicted octanol–water partition coefficient (Wildman–Crippen LogP) is 3.13. The van der Waals surface area contributed by atoms with Gasteiger partial charge in [-0.25, -0.2) is 9.37 Å². The first-order chi connectivity index (χ1) is 14.1. The third kappa shape index (κ3) is 3.71. The highest BCUT2D eigenvalue weighted by molar-refractivity contribution is 6.05. The molecule has 7 nitrogen and oxygen atoms in total. The molecule has 0 saturated heterocycles. The Labute approximate surface area is 167 Å². The van der Waals surface area contributed by atoms with Crippen LogP contribution in [0.5, 0.6) is 0 Å². The zero-order valence-electron chi connectivity index (χ0n) is 16.0. The average Bonchev–Trinajstić information content (AvgIpc) is 3.20. The monoisotopic (exact) mass is 396 g/mol. The molecule has 1 aromatic heterocycles. The summed E-state index contributed by atoms with van der Waals surface area (Å²) in [6, 6.07) is 12.4. The number of halogens is 1. The summed E-state index contributed by atoms with van der Waals surface area (Å²) in [6.07, 6.45) is 0.629. The number of hydrogen-bond donors (Lipinski definition) is 1. The van der Waals surface area contributed by atoms with Crippen molar-refractivity contribution in [3.8, 4) is 0 Å². The molecule has 0 bridgehead atoms. The van der Waals surface area contributed by atoms with Gasteiger partial charge in [0.05, 0.1) is 17.5 Å². The van der Waals surface area contributed by atoms with Gasteiger partial charge in [-0.3, -0.25) is 19.1 Å². The van der Waals surface area contributed by atoms with Crippen molar-refractivity contribution in [2.75, 3.05) is 30.5 Å². The predicted molar refractivity (Wildman–Crippen MR) is 107 cm³/mol. The summed E-state index contributed by atoms with van der Waals surface area (Å²) in [5.41, 5.74) is 2.06. The van der Waals surface area contributed by atoms with E-state index in [1.165, 1.54) is 24.3 Å². The lowest BCUT2D eigenvalue weighted by Gasteiger charge is -2.15. The van der Waals surface area contributed by atoms with Crippen molar-refractivity contribution in [3.63, 3.8) is 0 Å². The molecule has 0 aliphatic carbocycles. The average molecular weight is 396 g/mol. The standard InChI is InChI=1S/C21H21FN4O3/c1-29-12-4-11-25-20(28)18(13-19(27)23-15-9-7-14(22)8-10-15)26-17-6-3-2-5-16(17)24-21(25)26/h2-3,5-10,18H,4,11-13H2,1H3,(H,23,27)/t18-/m0/s1. The van der Waals surface area contributed by atoms with E-state index in [1.807, 2.05) is 28.8 Å². The molecule has 2 heterocycles. The molecule has 0 unspecified atom stereocenters. The molecular formula is C21H21FN4O3. The Balaban J connectivity index is 1.60. The number of fused-ring (bicyclic) bond motifs is 3. The normalized spacial score (nSPS) is 15.7. The maximum atomic E-state index is 13.1. The fourth-order valence-corrected chi connectivity index (χ4v) is 3.59. The second kappa shape index (κ2) is 8.00. The quantitative estimate of drug-likeness (QED) is 0.623. The van der Waals surface area contributed by atoms with E-state index >= 15 is 0 Å². The first kappa shape index (κ1) is 19.1. The fourth-order valence-electron chi connectivity index (χ4n) is 3.59. The molecule has 0 fully saturated rings. The molecule has 1 aliphatic rings. The van der Waals surface area contributed by atoms with E-state index in [0.717, 1.165) is 11.0 Å². The lowest BCUT2D eigenvalue weighted by molar-refractivity contribution is -0.124. The summed E-state index contributed by atoms with van der Waals surface area (Å²) in [5, 5.41) is 2.72. The van der Waals surface area contributed by atoms with Crippen molar-refractivity contribution in [2.24, 2.45) is 0 Å². The summed E-state index contributed by atoms with van der Waals surface area (Å²) in [6.45, 7) is 0.992. The highest BCUT2D eigenvalue weighted by Crippen LogP contribution is 2.36. The van der Waals surface area contributed by atoms with Crippen LogP contribution in [0.3, 0.4) is 0 Å². The first-order valence-electron chi connectivity index (χ1n) is 9.41. The van der Waals surface area contributed by atoms with Gasteiger partial charge in [-0.15, -0.1) is 0 Å². The number of hydrogen-bond acceptors (Lipinski definition) is 4. The van der Waals surface area contributed by atoms with Crippen LogP contribution in [0.15, 0.2) is 48.5 Å². The second-order valence-corrected chi connectivity index (χ2v) is 6.88. The van der Waals surface area contributed by atoms with Gasteiger partial charge in [-0.2, -0.15) is 0 Å². The van der Waals surface area contributed by atoms with Gasteiger partial charge in [0.25, 0.3) is 5.91 Å². The van der Waals surface area contributed by atoms with Gasteiger partial charge in [0.1, 0.15) is 11.9 Å². The highest BCUT2D eigenvalue weighted by Gasteiger charge is 2.40. The van der Waals surface area contributed by atoms with E-state index in [9.17, 15) is 14.0 Å². The molecule has 1 atom stereocenters. The first-order valence-corrected chi connectivity index (χ1v) is 9.41. The number of carbonyl (C=O) groups is 2. The van der Waals surface area contributed by atoms with Crippen molar-refractivity contribution in [1.29, 1.82) is 0 Å². The minimum atomic E-state index is -0.680. The Morgan fingerprint density at radius 1 is 1.21 bits per heavy atom. The zero-order valence-corrected chi connectivity index (χ0v) is 16.0. The van der Waals surface area contributed by atoms with Crippen LogP contribution in [0, 0.1) is 5.82 Å². The number of rotatable bonds is 7. The number of aromatic nitrogens is 2. The number of carbonyl (C=O) groups excluding carboxylic acids is 2. The van der Waals surface area contributed by atoms with Crippen molar-refractivity contribution in [2.45, 2.75) is 18.9 Å². The molecule has 3 aromatic rings. The Morgan fingerprint density at radius 2 is 1.97 bits per heavy atom. The van der Waals surface area contributed by atoms with Crippen LogP contribution in [0.25, 0.3) is 11.0 Å². The third-order valence-electron chi connectivity index (χ3n) is 4.92. The lowest BCUT2D eigenvalue weighted by atomic mass is 10.1. The van der Waals surface area contributed by atoms with E-state index in [1.54, 1.807) is 12.0 Å². The van der Waals surface area contributed by atoms with Crippen molar-refractivity contribution < 1.29 is 18.7 Å².